The van der Waals surface area contributed by atoms with E-state index in [9.17, 15) is 9.50 Å². The molecular formula is C12H7Cl2FO. The Balaban J connectivity index is 2.63. The van der Waals surface area contributed by atoms with Gasteiger partial charge in [-0.05, 0) is 29.8 Å². The van der Waals surface area contributed by atoms with Crippen LogP contribution >= 0.6 is 23.2 Å². The zero-order valence-corrected chi connectivity index (χ0v) is 9.56. The highest BCUT2D eigenvalue weighted by atomic mass is 35.5. The molecule has 16 heavy (non-hydrogen) atoms. The predicted octanol–water partition coefficient (Wildman–Crippen LogP) is 4.51. The summed E-state index contributed by atoms with van der Waals surface area (Å²) in [7, 11) is 0. The summed E-state index contributed by atoms with van der Waals surface area (Å²) in [5, 5.41) is 10.2. The number of phenols is 1. The summed E-state index contributed by atoms with van der Waals surface area (Å²) < 4.78 is 12.9. The van der Waals surface area contributed by atoms with Gasteiger partial charge >= 0.3 is 0 Å². The van der Waals surface area contributed by atoms with E-state index < -0.39 is 11.6 Å². The average Bonchev–Trinajstić information content (AvgIpc) is 2.23. The lowest BCUT2D eigenvalue weighted by molar-refractivity contribution is 0.433. The molecule has 0 saturated heterocycles. The fraction of sp³-hybridized carbons (Fsp3) is 0. The lowest BCUT2D eigenvalue weighted by Gasteiger charge is -2.07. The van der Waals surface area contributed by atoms with Crippen LogP contribution in [0.15, 0.2) is 36.4 Å². The average molecular weight is 257 g/mol. The molecule has 0 aliphatic carbocycles. The van der Waals surface area contributed by atoms with Crippen LogP contribution in [0.3, 0.4) is 0 Å². The Kier molecular flexibility index (Phi) is 3.03. The molecule has 2 rings (SSSR count). The van der Waals surface area contributed by atoms with Gasteiger partial charge in [-0.2, -0.15) is 0 Å². The molecule has 0 fully saturated rings. The zero-order valence-electron chi connectivity index (χ0n) is 8.05. The Hall–Kier alpha value is -1.25. The smallest absolute Gasteiger partial charge is 0.164 e. The van der Waals surface area contributed by atoms with Crippen LogP contribution in [0.1, 0.15) is 0 Å². The number of aromatic hydroxyl groups is 1. The van der Waals surface area contributed by atoms with Crippen molar-refractivity contribution in [1.82, 2.24) is 0 Å². The molecule has 0 amide bonds. The first kappa shape index (κ1) is 11.2. The van der Waals surface area contributed by atoms with Gasteiger partial charge in [0.05, 0.1) is 0 Å². The lowest BCUT2D eigenvalue weighted by atomic mass is 10.1. The minimum Gasteiger partial charge on any atom is -0.505 e. The van der Waals surface area contributed by atoms with E-state index in [1.54, 1.807) is 18.2 Å². The predicted molar refractivity (Wildman–Crippen MR) is 63.5 cm³/mol. The maximum Gasteiger partial charge on any atom is 0.164 e. The number of phenolic OH excluding ortho intramolecular Hbond substituents is 1. The summed E-state index contributed by atoms with van der Waals surface area (Å²) in [6.07, 6.45) is 0. The number of benzene rings is 2. The van der Waals surface area contributed by atoms with Crippen LogP contribution < -0.4 is 0 Å². The molecule has 0 bridgehead atoms. The number of hydrogen-bond donors (Lipinski definition) is 1. The van der Waals surface area contributed by atoms with Crippen molar-refractivity contribution < 1.29 is 9.50 Å². The molecule has 0 aliphatic heterocycles. The van der Waals surface area contributed by atoms with Crippen molar-refractivity contribution in [1.29, 1.82) is 0 Å². The summed E-state index contributed by atoms with van der Waals surface area (Å²) in [6, 6.07) is 9.07. The van der Waals surface area contributed by atoms with Crippen LogP contribution in [0.25, 0.3) is 11.1 Å². The molecule has 0 radical (unpaired) electrons. The van der Waals surface area contributed by atoms with Gasteiger partial charge in [0, 0.05) is 15.6 Å². The van der Waals surface area contributed by atoms with Crippen molar-refractivity contribution in [3.8, 4) is 16.9 Å². The molecule has 0 heterocycles. The van der Waals surface area contributed by atoms with Crippen molar-refractivity contribution in [2.75, 3.05) is 0 Å². The summed E-state index contributed by atoms with van der Waals surface area (Å²) >= 11 is 12.0. The Morgan fingerprint density at radius 3 is 2.19 bits per heavy atom. The van der Waals surface area contributed by atoms with Crippen molar-refractivity contribution in [3.63, 3.8) is 0 Å². The van der Waals surface area contributed by atoms with Crippen molar-refractivity contribution in [3.05, 3.63) is 52.3 Å². The number of hydrogen-bond acceptors (Lipinski definition) is 1. The van der Waals surface area contributed by atoms with E-state index in [2.05, 4.69) is 0 Å². The largest absolute Gasteiger partial charge is 0.505 e. The molecule has 1 nitrogen and oxygen atoms in total. The van der Waals surface area contributed by atoms with Gasteiger partial charge in [-0.25, -0.2) is 4.39 Å². The van der Waals surface area contributed by atoms with Crippen molar-refractivity contribution in [2.45, 2.75) is 0 Å². The summed E-state index contributed by atoms with van der Waals surface area (Å²) in [4.78, 5) is 0. The van der Waals surface area contributed by atoms with E-state index in [1.807, 2.05) is 0 Å². The summed E-state index contributed by atoms with van der Waals surface area (Å²) in [5.74, 6) is -1.10. The summed E-state index contributed by atoms with van der Waals surface area (Å²) in [5.41, 5.74) is 1.16. The normalized spacial score (nSPS) is 10.4. The highest BCUT2D eigenvalue weighted by molar-refractivity contribution is 6.39. The van der Waals surface area contributed by atoms with Gasteiger partial charge < -0.3 is 5.11 Å². The van der Waals surface area contributed by atoms with Crippen molar-refractivity contribution in [2.24, 2.45) is 0 Å². The maximum absolute atomic E-state index is 12.9. The minimum absolute atomic E-state index is 0.423. The fourth-order valence-electron chi connectivity index (χ4n) is 1.44. The van der Waals surface area contributed by atoms with E-state index in [4.69, 9.17) is 23.2 Å². The molecule has 0 aromatic heterocycles. The highest BCUT2D eigenvalue weighted by Gasteiger charge is 2.10. The van der Waals surface area contributed by atoms with Gasteiger partial charge in [0.1, 0.15) is 0 Å². The molecule has 0 unspecified atom stereocenters. The molecule has 0 aliphatic rings. The molecule has 2 aromatic rings. The zero-order chi connectivity index (χ0) is 11.7. The Morgan fingerprint density at radius 1 is 1.00 bits per heavy atom. The van der Waals surface area contributed by atoms with Gasteiger partial charge in [0.2, 0.25) is 0 Å². The monoisotopic (exact) mass is 256 g/mol. The van der Waals surface area contributed by atoms with Crippen LogP contribution in [-0.4, -0.2) is 5.11 Å². The van der Waals surface area contributed by atoms with Crippen LogP contribution in [0, 0.1) is 5.82 Å². The third-order valence-electron chi connectivity index (χ3n) is 2.20. The van der Waals surface area contributed by atoms with Crippen LogP contribution in [0.5, 0.6) is 5.75 Å². The molecular weight excluding hydrogens is 250 g/mol. The van der Waals surface area contributed by atoms with E-state index in [0.29, 0.717) is 21.2 Å². The topological polar surface area (TPSA) is 20.2 Å². The molecule has 1 N–H and O–H groups in total. The first-order valence-corrected chi connectivity index (χ1v) is 5.28. The van der Waals surface area contributed by atoms with Crippen molar-refractivity contribution >= 4 is 23.2 Å². The lowest BCUT2D eigenvalue weighted by Crippen LogP contribution is -1.83. The molecule has 2 aromatic carbocycles. The fourth-order valence-corrected chi connectivity index (χ4v) is 2.06. The first-order chi connectivity index (χ1) is 7.59. The van der Waals surface area contributed by atoms with E-state index in [-0.39, 0.29) is 0 Å². The number of rotatable bonds is 1. The molecule has 0 atom stereocenters. The van der Waals surface area contributed by atoms with Gasteiger partial charge in [0.15, 0.2) is 11.6 Å². The second-order valence-electron chi connectivity index (χ2n) is 3.26. The molecule has 0 spiro atoms. The standard InChI is InChI=1S/C12H7Cl2FO/c13-8-2-1-3-9(14)12(8)7-4-5-10(15)11(16)6-7/h1-6,16H. The minimum atomic E-state index is -0.674. The Labute approximate surface area is 102 Å². The molecule has 4 heteroatoms. The SMILES string of the molecule is Oc1cc(-c2c(Cl)cccc2Cl)ccc1F. The second-order valence-corrected chi connectivity index (χ2v) is 4.08. The number of halogens is 3. The van der Waals surface area contributed by atoms with E-state index in [0.717, 1.165) is 0 Å². The van der Waals surface area contributed by atoms with Crippen LogP contribution in [-0.2, 0) is 0 Å². The van der Waals surface area contributed by atoms with E-state index >= 15 is 0 Å². The Bertz CT molecular complexity index is 520. The third-order valence-corrected chi connectivity index (χ3v) is 2.83. The first-order valence-electron chi connectivity index (χ1n) is 4.52. The van der Waals surface area contributed by atoms with Gasteiger partial charge in [-0.15, -0.1) is 0 Å². The van der Waals surface area contributed by atoms with Gasteiger partial charge in [0.25, 0.3) is 0 Å². The van der Waals surface area contributed by atoms with E-state index in [1.165, 1.54) is 18.2 Å². The summed E-state index contributed by atoms with van der Waals surface area (Å²) in [6.45, 7) is 0. The van der Waals surface area contributed by atoms with Crippen LogP contribution in [0.2, 0.25) is 10.0 Å². The van der Waals surface area contributed by atoms with Gasteiger partial charge in [-0.3, -0.25) is 0 Å². The Morgan fingerprint density at radius 2 is 1.62 bits per heavy atom. The highest BCUT2D eigenvalue weighted by Crippen LogP contribution is 2.36. The third kappa shape index (κ3) is 1.99. The second kappa shape index (κ2) is 4.32. The maximum atomic E-state index is 12.9. The quantitative estimate of drug-likeness (QED) is 0.797. The van der Waals surface area contributed by atoms with Crippen LogP contribution in [0.4, 0.5) is 4.39 Å². The molecule has 0 saturated carbocycles. The molecule has 82 valence electrons. The van der Waals surface area contributed by atoms with Gasteiger partial charge in [-0.1, -0.05) is 35.3 Å².